The second-order valence-corrected chi connectivity index (χ2v) is 4.87. The van der Waals surface area contributed by atoms with Gasteiger partial charge in [-0.3, -0.25) is 0 Å². The molecule has 0 fully saturated rings. The second kappa shape index (κ2) is 6.18. The first-order valence-electron chi connectivity index (χ1n) is 6.52. The molecule has 4 nitrogen and oxygen atoms in total. The summed E-state index contributed by atoms with van der Waals surface area (Å²) in [5, 5.41) is 6.59. The molecule has 0 bridgehead atoms. The number of aryl methyl sites for hydroxylation is 1. The molecule has 1 aromatic carbocycles. The van der Waals surface area contributed by atoms with Crippen LogP contribution in [0.5, 0.6) is 0 Å². The van der Waals surface area contributed by atoms with E-state index in [9.17, 15) is 0 Å². The van der Waals surface area contributed by atoms with Gasteiger partial charge in [0.1, 0.15) is 18.0 Å². The molecular weight excluding hydrogens is 236 g/mol. The maximum atomic E-state index is 4.23. The molecule has 0 spiro atoms. The van der Waals surface area contributed by atoms with Crippen molar-refractivity contribution in [1.82, 2.24) is 9.97 Å². The van der Waals surface area contributed by atoms with Crippen molar-refractivity contribution in [3.05, 3.63) is 47.8 Å². The van der Waals surface area contributed by atoms with Gasteiger partial charge in [0.05, 0.1) is 0 Å². The first-order chi connectivity index (χ1) is 9.15. The van der Waals surface area contributed by atoms with Gasteiger partial charge in [0.15, 0.2) is 0 Å². The van der Waals surface area contributed by atoms with Crippen LogP contribution in [0.25, 0.3) is 0 Å². The van der Waals surface area contributed by atoms with Gasteiger partial charge >= 0.3 is 0 Å². The average Bonchev–Trinajstić information content (AvgIpc) is 2.37. The van der Waals surface area contributed by atoms with Gasteiger partial charge in [-0.05, 0) is 31.9 Å². The number of hydrogen-bond donors (Lipinski definition) is 2. The molecule has 1 aromatic heterocycles. The Morgan fingerprint density at radius 3 is 2.58 bits per heavy atom. The molecule has 4 heteroatoms. The lowest BCUT2D eigenvalue weighted by atomic mass is 10.1. The maximum Gasteiger partial charge on any atom is 0.131 e. The summed E-state index contributed by atoms with van der Waals surface area (Å²) in [4.78, 5) is 8.42. The molecule has 19 heavy (non-hydrogen) atoms. The zero-order valence-electron chi connectivity index (χ0n) is 11.6. The lowest BCUT2D eigenvalue weighted by Crippen LogP contribution is -2.12. The van der Waals surface area contributed by atoms with Crippen molar-refractivity contribution in [1.29, 1.82) is 0 Å². The smallest absolute Gasteiger partial charge is 0.131 e. The minimum Gasteiger partial charge on any atom is -0.368 e. The van der Waals surface area contributed by atoms with Gasteiger partial charge < -0.3 is 10.6 Å². The van der Waals surface area contributed by atoms with Crippen molar-refractivity contribution in [2.45, 2.75) is 33.4 Å². The Balaban J connectivity index is 2.02. The Morgan fingerprint density at radius 1 is 1.11 bits per heavy atom. The molecule has 0 atom stereocenters. The summed E-state index contributed by atoms with van der Waals surface area (Å²) in [6, 6.07) is 10.6. The van der Waals surface area contributed by atoms with Crippen LogP contribution in [0.3, 0.4) is 0 Å². The topological polar surface area (TPSA) is 49.8 Å². The summed E-state index contributed by atoms with van der Waals surface area (Å²) >= 11 is 0. The molecule has 0 saturated carbocycles. The molecule has 0 aliphatic heterocycles. The van der Waals surface area contributed by atoms with E-state index in [0.29, 0.717) is 6.04 Å². The lowest BCUT2D eigenvalue weighted by molar-refractivity contribution is 0.886. The third-order valence-corrected chi connectivity index (χ3v) is 2.82. The normalized spacial score (nSPS) is 10.5. The van der Waals surface area contributed by atoms with Crippen LogP contribution in [0.15, 0.2) is 36.7 Å². The second-order valence-electron chi connectivity index (χ2n) is 4.87. The van der Waals surface area contributed by atoms with Gasteiger partial charge in [0, 0.05) is 18.7 Å². The molecular formula is C15H20N4. The number of hydrogen-bond acceptors (Lipinski definition) is 4. The van der Waals surface area contributed by atoms with Gasteiger partial charge in [-0.1, -0.05) is 24.3 Å². The third-order valence-electron chi connectivity index (χ3n) is 2.82. The first-order valence-corrected chi connectivity index (χ1v) is 6.52. The minimum atomic E-state index is 0.360. The Labute approximate surface area is 114 Å². The van der Waals surface area contributed by atoms with Crippen LogP contribution >= 0.6 is 0 Å². The number of benzene rings is 1. The van der Waals surface area contributed by atoms with E-state index >= 15 is 0 Å². The lowest BCUT2D eigenvalue weighted by Gasteiger charge is -2.11. The Kier molecular flexibility index (Phi) is 4.34. The van der Waals surface area contributed by atoms with Gasteiger partial charge in [-0.2, -0.15) is 0 Å². The zero-order valence-corrected chi connectivity index (χ0v) is 11.6. The summed E-state index contributed by atoms with van der Waals surface area (Å²) in [5.41, 5.74) is 2.56. The summed E-state index contributed by atoms with van der Waals surface area (Å²) in [5.74, 6) is 1.68. The van der Waals surface area contributed by atoms with Crippen molar-refractivity contribution in [3.63, 3.8) is 0 Å². The van der Waals surface area contributed by atoms with Gasteiger partial charge in [0.25, 0.3) is 0 Å². The van der Waals surface area contributed by atoms with Crippen LogP contribution in [0.4, 0.5) is 11.6 Å². The van der Waals surface area contributed by atoms with E-state index in [4.69, 9.17) is 0 Å². The highest BCUT2D eigenvalue weighted by Crippen LogP contribution is 2.13. The van der Waals surface area contributed by atoms with Gasteiger partial charge in [-0.15, -0.1) is 0 Å². The average molecular weight is 256 g/mol. The van der Waals surface area contributed by atoms with E-state index in [2.05, 4.69) is 59.6 Å². The minimum absolute atomic E-state index is 0.360. The Morgan fingerprint density at radius 2 is 1.84 bits per heavy atom. The molecule has 2 N–H and O–H groups in total. The van der Waals surface area contributed by atoms with Crippen LogP contribution in [-0.2, 0) is 6.54 Å². The fourth-order valence-electron chi connectivity index (χ4n) is 1.82. The molecule has 100 valence electrons. The van der Waals surface area contributed by atoms with Crippen molar-refractivity contribution in [3.8, 4) is 0 Å². The molecule has 0 radical (unpaired) electrons. The van der Waals surface area contributed by atoms with Crippen LogP contribution in [0.1, 0.15) is 25.0 Å². The molecule has 0 amide bonds. The summed E-state index contributed by atoms with van der Waals surface area (Å²) in [6.45, 7) is 7.05. The van der Waals surface area contributed by atoms with E-state index in [1.54, 1.807) is 6.33 Å². The SMILES string of the molecule is Cc1ccccc1CNc1cc(NC(C)C)ncn1. The van der Waals surface area contributed by atoms with Gasteiger partial charge in [0.2, 0.25) is 0 Å². The number of anilines is 2. The van der Waals surface area contributed by atoms with E-state index < -0.39 is 0 Å². The Hall–Kier alpha value is -2.10. The molecule has 2 aromatic rings. The number of nitrogens with one attached hydrogen (secondary N) is 2. The van der Waals surface area contributed by atoms with E-state index in [0.717, 1.165) is 18.2 Å². The number of nitrogens with zero attached hydrogens (tertiary/aromatic N) is 2. The predicted octanol–water partition coefficient (Wildman–Crippen LogP) is 3.22. The summed E-state index contributed by atoms with van der Waals surface area (Å²) < 4.78 is 0. The number of rotatable bonds is 5. The van der Waals surface area contributed by atoms with Crippen molar-refractivity contribution < 1.29 is 0 Å². The zero-order chi connectivity index (χ0) is 13.7. The molecule has 0 unspecified atom stereocenters. The monoisotopic (exact) mass is 256 g/mol. The highest BCUT2D eigenvalue weighted by atomic mass is 15.1. The largest absolute Gasteiger partial charge is 0.368 e. The number of aromatic nitrogens is 2. The van der Waals surface area contributed by atoms with Crippen LogP contribution in [0, 0.1) is 6.92 Å². The highest BCUT2D eigenvalue weighted by molar-refractivity contribution is 5.47. The molecule has 2 rings (SSSR count). The maximum absolute atomic E-state index is 4.23. The predicted molar refractivity (Wildman–Crippen MR) is 79.3 cm³/mol. The van der Waals surface area contributed by atoms with E-state index in [1.807, 2.05) is 12.1 Å². The van der Waals surface area contributed by atoms with Crippen LogP contribution in [-0.4, -0.2) is 16.0 Å². The Bertz CT molecular complexity index is 537. The molecule has 1 heterocycles. The summed E-state index contributed by atoms with van der Waals surface area (Å²) in [7, 11) is 0. The molecule has 0 aliphatic rings. The fourth-order valence-corrected chi connectivity index (χ4v) is 1.82. The fraction of sp³-hybridized carbons (Fsp3) is 0.333. The van der Waals surface area contributed by atoms with E-state index in [1.165, 1.54) is 11.1 Å². The first kappa shape index (κ1) is 13.3. The van der Waals surface area contributed by atoms with Gasteiger partial charge in [-0.25, -0.2) is 9.97 Å². The van der Waals surface area contributed by atoms with Crippen molar-refractivity contribution in [2.75, 3.05) is 10.6 Å². The van der Waals surface area contributed by atoms with Crippen LogP contribution < -0.4 is 10.6 Å². The van der Waals surface area contributed by atoms with E-state index in [-0.39, 0.29) is 0 Å². The standard InChI is InChI=1S/C15H20N4/c1-11(2)19-15-8-14(17-10-18-15)16-9-13-7-5-4-6-12(13)3/h4-8,10-11H,9H2,1-3H3,(H2,16,17,18,19). The van der Waals surface area contributed by atoms with Crippen molar-refractivity contribution in [2.24, 2.45) is 0 Å². The quantitative estimate of drug-likeness (QED) is 0.862. The molecule has 0 aliphatic carbocycles. The van der Waals surface area contributed by atoms with Crippen molar-refractivity contribution >= 4 is 11.6 Å². The third kappa shape index (κ3) is 3.95. The molecule has 0 saturated heterocycles. The highest BCUT2D eigenvalue weighted by Gasteiger charge is 2.01. The van der Waals surface area contributed by atoms with Crippen LogP contribution in [0.2, 0.25) is 0 Å². The summed E-state index contributed by atoms with van der Waals surface area (Å²) in [6.07, 6.45) is 1.57.